The average molecular weight is 237 g/mol. The van der Waals surface area contributed by atoms with Gasteiger partial charge >= 0.3 is 5.97 Å². The van der Waals surface area contributed by atoms with Crippen LogP contribution < -0.4 is 10.1 Å². The van der Waals surface area contributed by atoms with Gasteiger partial charge < -0.3 is 15.2 Å². The number of likely N-dealkylation sites (N-methyl/N-ethyl adjacent to an activating group) is 1. The summed E-state index contributed by atoms with van der Waals surface area (Å²) in [4.78, 5) is 10.8. The van der Waals surface area contributed by atoms with Crippen molar-refractivity contribution in [3.63, 3.8) is 0 Å². The maximum atomic E-state index is 10.8. The van der Waals surface area contributed by atoms with E-state index in [1.807, 2.05) is 32.0 Å². The summed E-state index contributed by atoms with van der Waals surface area (Å²) in [5.74, 6) is -0.0256. The van der Waals surface area contributed by atoms with Crippen LogP contribution in [-0.2, 0) is 4.79 Å². The van der Waals surface area contributed by atoms with E-state index in [1.165, 1.54) is 5.56 Å². The summed E-state index contributed by atoms with van der Waals surface area (Å²) < 4.78 is 5.60. The first-order valence-corrected chi connectivity index (χ1v) is 5.65. The van der Waals surface area contributed by atoms with Gasteiger partial charge in [-0.15, -0.1) is 0 Å². The van der Waals surface area contributed by atoms with Crippen LogP contribution in [0.3, 0.4) is 0 Å². The molecule has 17 heavy (non-hydrogen) atoms. The zero-order valence-electron chi connectivity index (χ0n) is 10.5. The summed E-state index contributed by atoms with van der Waals surface area (Å²) in [6.45, 7) is 4.41. The van der Waals surface area contributed by atoms with Crippen molar-refractivity contribution in [2.24, 2.45) is 0 Å². The molecular weight excluding hydrogens is 218 g/mol. The van der Waals surface area contributed by atoms with E-state index in [2.05, 4.69) is 5.32 Å². The molecule has 0 radical (unpaired) electrons. The molecule has 0 saturated carbocycles. The average Bonchev–Trinajstić information content (AvgIpc) is 2.29. The summed E-state index contributed by atoms with van der Waals surface area (Å²) in [7, 11) is 1.64. The van der Waals surface area contributed by atoms with Crippen LogP contribution in [0.1, 0.15) is 17.5 Å². The van der Waals surface area contributed by atoms with Gasteiger partial charge in [0.2, 0.25) is 0 Å². The molecule has 0 bridgehead atoms. The van der Waals surface area contributed by atoms with Gasteiger partial charge in [0.1, 0.15) is 11.8 Å². The third-order valence-corrected chi connectivity index (χ3v) is 2.87. The fourth-order valence-corrected chi connectivity index (χ4v) is 1.56. The van der Waals surface area contributed by atoms with Gasteiger partial charge in [-0.25, -0.2) is 0 Å². The third kappa shape index (κ3) is 3.75. The minimum Gasteiger partial charge on any atom is -0.493 e. The number of ether oxygens (including phenoxy) is 1. The van der Waals surface area contributed by atoms with Gasteiger partial charge in [0, 0.05) is 6.42 Å². The van der Waals surface area contributed by atoms with Gasteiger partial charge in [0.05, 0.1) is 6.61 Å². The van der Waals surface area contributed by atoms with Crippen molar-refractivity contribution in [3.8, 4) is 5.75 Å². The van der Waals surface area contributed by atoms with Crippen LogP contribution in [0, 0.1) is 13.8 Å². The second kappa shape index (κ2) is 6.25. The lowest BCUT2D eigenvalue weighted by molar-refractivity contribution is -0.139. The molecule has 0 amide bonds. The minimum atomic E-state index is -0.850. The molecule has 0 aliphatic rings. The Morgan fingerprint density at radius 3 is 2.76 bits per heavy atom. The number of hydrogen-bond acceptors (Lipinski definition) is 3. The SMILES string of the molecule is CNC(CCOc1cccc(C)c1C)C(=O)O. The highest BCUT2D eigenvalue weighted by molar-refractivity contribution is 5.73. The number of aryl methyl sites for hydroxylation is 1. The topological polar surface area (TPSA) is 58.6 Å². The Morgan fingerprint density at radius 2 is 2.18 bits per heavy atom. The van der Waals surface area contributed by atoms with E-state index in [4.69, 9.17) is 9.84 Å². The Hall–Kier alpha value is -1.55. The molecule has 1 unspecified atom stereocenters. The normalized spacial score (nSPS) is 12.2. The lowest BCUT2D eigenvalue weighted by Gasteiger charge is -2.14. The molecule has 1 atom stereocenters. The van der Waals surface area contributed by atoms with E-state index in [9.17, 15) is 4.79 Å². The Bertz CT molecular complexity index is 390. The highest BCUT2D eigenvalue weighted by Crippen LogP contribution is 2.20. The first-order valence-electron chi connectivity index (χ1n) is 5.65. The maximum Gasteiger partial charge on any atom is 0.320 e. The monoisotopic (exact) mass is 237 g/mol. The molecule has 4 nitrogen and oxygen atoms in total. The first kappa shape index (κ1) is 13.5. The van der Waals surface area contributed by atoms with Crippen molar-refractivity contribution >= 4 is 5.97 Å². The predicted octanol–water partition coefficient (Wildman–Crippen LogP) is 1.74. The number of nitrogens with one attached hydrogen (secondary N) is 1. The number of carboxylic acid groups (broad SMARTS) is 1. The Labute approximate surface area is 102 Å². The zero-order valence-corrected chi connectivity index (χ0v) is 10.5. The molecule has 2 N–H and O–H groups in total. The Kier molecular flexibility index (Phi) is 4.97. The fourth-order valence-electron chi connectivity index (χ4n) is 1.56. The predicted molar refractivity (Wildman–Crippen MR) is 66.5 cm³/mol. The van der Waals surface area contributed by atoms with E-state index in [1.54, 1.807) is 7.05 Å². The van der Waals surface area contributed by atoms with Crippen LogP contribution in [0.5, 0.6) is 5.75 Å². The van der Waals surface area contributed by atoms with Crippen LogP contribution in [0.25, 0.3) is 0 Å². The molecule has 1 aromatic carbocycles. The van der Waals surface area contributed by atoms with Crippen molar-refractivity contribution < 1.29 is 14.6 Å². The van der Waals surface area contributed by atoms with Crippen LogP contribution in [0.15, 0.2) is 18.2 Å². The number of benzene rings is 1. The number of hydrogen-bond donors (Lipinski definition) is 2. The van der Waals surface area contributed by atoms with E-state index in [0.717, 1.165) is 11.3 Å². The number of carboxylic acids is 1. The van der Waals surface area contributed by atoms with Gasteiger partial charge in [-0.1, -0.05) is 12.1 Å². The summed E-state index contributed by atoms with van der Waals surface area (Å²) in [6.07, 6.45) is 0.444. The van der Waals surface area contributed by atoms with Gasteiger partial charge in [-0.3, -0.25) is 4.79 Å². The van der Waals surface area contributed by atoms with E-state index in [-0.39, 0.29) is 0 Å². The minimum absolute atomic E-state index is 0.391. The molecule has 0 aliphatic carbocycles. The van der Waals surface area contributed by atoms with Crippen molar-refractivity contribution in [2.75, 3.05) is 13.7 Å². The van der Waals surface area contributed by atoms with E-state index >= 15 is 0 Å². The summed E-state index contributed by atoms with van der Waals surface area (Å²) in [6, 6.07) is 5.30. The van der Waals surface area contributed by atoms with Crippen LogP contribution >= 0.6 is 0 Å². The Balaban J connectivity index is 2.51. The van der Waals surface area contributed by atoms with Crippen molar-refractivity contribution in [1.82, 2.24) is 5.32 Å². The molecule has 0 fully saturated rings. The number of aliphatic carboxylic acids is 1. The maximum absolute atomic E-state index is 10.8. The van der Waals surface area contributed by atoms with E-state index in [0.29, 0.717) is 13.0 Å². The lowest BCUT2D eigenvalue weighted by Crippen LogP contribution is -2.35. The molecule has 1 aromatic rings. The largest absolute Gasteiger partial charge is 0.493 e. The molecule has 0 heterocycles. The summed E-state index contributed by atoms with van der Waals surface area (Å²) in [5, 5.41) is 11.6. The van der Waals surface area contributed by atoms with Crippen molar-refractivity contribution in [3.05, 3.63) is 29.3 Å². The van der Waals surface area contributed by atoms with Crippen molar-refractivity contribution in [1.29, 1.82) is 0 Å². The molecule has 0 spiro atoms. The summed E-state index contributed by atoms with van der Waals surface area (Å²) in [5.41, 5.74) is 2.27. The van der Waals surface area contributed by atoms with E-state index < -0.39 is 12.0 Å². The smallest absolute Gasteiger partial charge is 0.320 e. The fraction of sp³-hybridized carbons (Fsp3) is 0.462. The van der Waals surface area contributed by atoms with Gasteiger partial charge in [0.25, 0.3) is 0 Å². The second-order valence-corrected chi connectivity index (χ2v) is 4.01. The number of rotatable bonds is 6. The lowest BCUT2D eigenvalue weighted by atomic mass is 10.1. The van der Waals surface area contributed by atoms with Gasteiger partial charge in [0.15, 0.2) is 0 Å². The molecule has 0 aliphatic heterocycles. The standard InChI is InChI=1S/C13H19NO3/c1-9-5-4-6-12(10(9)2)17-8-7-11(14-3)13(15)16/h4-6,11,14H,7-8H2,1-3H3,(H,15,16). The summed E-state index contributed by atoms with van der Waals surface area (Å²) >= 11 is 0. The third-order valence-electron chi connectivity index (χ3n) is 2.87. The zero-order chi connectivity index (χ0) is 12.8. The quantitative estimate of drug-likeness (QED) is 0.791. The molecule has 0 aromatic heterocycles. The first-order chi connectivity index (χ1) is 8.06. The molecule has 94 valence electrons. The van der Waals surface area contributed by atoms with Crippen LogP contribution in [-0.4, -0.2) is 30.8 Å². The second-order valence-electron chi connectivity index (χ2n) is 4.01. The molecule has 4 heteroatoms. The van der Waals surface area contributed by atoms with Crippen LogP contribution in [0.2, 0.25) is 0 Å². The molecular formula is C13H19NO3. The molecule has 0 saturated heterocycles. The highest BCUT2D eigenvalue weighted by atomic mass is 16.5. The Morgan fingerprint density at radius 1 is 1.47 bits per heavy atom. The van der Waals surface area contributed by atoms with Crippen molar-refractivity contribution in [2.45, 2.75) is 26.3 Å². The van der Waals surface area contributed by atoms with Gasteiger partial charge in [-0.05, 0) is 38.1 Å². The number of carbonyl (C=O) groups is 1. The van der Waals surface area contributed by atoms with Gasteiger partial charge in [-0.2, -0.15) is 0 Å². The highest BCUT2D eigenvalue weighted by Gasteiger charge is 2.14. The molecule has 1 rings (SSSR count). The van der Waals surface area contributed by atoms with Crippen LogP contribution in [0.4, 0.5) is 0 Å².